The first-order valence-electron chi connectivity index (χ1n) is 10.1. The molecule has 0 amide bonds. The molecule has 1 heteroatoms. The molecule has 1 aromatic carbocycles. The zero-order chi connectivity index (χ0) is 16.6. The molecule has 1 aromatic rings. The van der Waals surface area contributed by atoms with Crippen molar-refractivity contribution in [3.8, 4) is 5.75 Å². The van der Waals surface area contributed by atoms with E-state index in [1.165, 1.54) is 83.5 Å². The van der Waals surface area contributed by atoms with Gasteiger partial charge < -0.3 is 4.74 Å². The maximum Gasteiger partial charge on any atom is 0.119 e. The van der Waals surface area contributed by atoms with Crippen molar-refractivity contribution in [2.24, 2.45) is 0 Å². The van der Waals surface area contributed by atoms with Crippen molar-refractivity contribution in [2.45, 2.75) is 103 Å². The first-order valence-corrected chi connectivity index (χ1v) is 10.1. The second-order valence-electron chi connectivity index (χ2n) is 6.81. The highest BCUT2D eigenvalue weighted by Gasteiger charge is 2.10. The van der Waals surface area contributed by atoms with Crippen molar-refractivity contribution in [1.29, 1.82) is 0 Å². The van der Waals surface area contributed by atoms with Gasteiger partial charge in [0.25, 0.3) is 0 Å². The van der Waals surface area contributed by atoms with Crippen LogP contribution in [0, 0.1) is 0 Å². The van der Waals surface area contributed by atoms with Gasteiger partial charge in [0.15, 0.2) is 0 Å². The molecule has 0 aromatic heterocycles. The van der Waals surface area contributed by atoms with E-state index in [4.69, 9.17) is 4.74 Å². The molecule has 1 rings (SSSR count). The SMILES string of the molecule is CCCCCCCCCCC(CCCCC)Oc1ccccc1. The lowest BCUT2D eigenvalue weighted by Gasteiger charge is -2.19. The van der Waals surface area contributed by atoms with Crippen LogP contribution in [0.2, 0.25) is 0 Å². The number of ether oxygens (including phenoxy) is 1. The largest absolute Gasteiger partial charge is 0.490 e. The molecule has 0 N–H and O–H groups in total. The van der Waals surface area contributed by atoms with Crippen LogP contribution in [0.1, 0.15) is 97.3 Å². The normalized spacial score (nSPS) is 12.3. The molecule has 0 aliphatic carbocycles. The fourth-order valence-electron chi connectivity index (χ4n) is 3.08. The molecule has 1 nitrogen and oxygen atoms in total. The van der Waals surface area contributed by atoms with E-state index in [9.17, 15) is 0 Å². The zero-order valence-corrected chi connectivity index (χ0v) is 15.6. The Hall–Kier alpha value is -0.980. The van der Waals surface area contributed by atoms with Crippen LogP contribution in [-0.4, -0.2) is 6.10 Å². The fraction of sp³-hybridized carbons (Fsp3) is 0.727. The highest BCUT2D eigenvalue weighted by Crippen LogP contribution is 2.19. The van der Waals surface area contributed by atoms with Crippen LogP contribution in [0.15, 0.2) is 30.3 Å². The lowest BCUT2D eigenvalue weighted by molar-refractivity contribution is 0.173. The van der Waals surface area contributed by atoms with Crippen LogP contribution in [0.5, 0.6) is 5.75 Å². The van der Waals surface area contributed by atoms with E-state index in [-0.39, 0.29) is 0 Å². The van der Waals surface area contributed by atoms with E-state index in [1.54, 1.807) is 0 Å². The van der Waals surface area contributed by atoms with E-state index in [1.807, 2.05) is 0 Å². The summed E-state index contributed by atoms with van der Waals surface area (Å²) in [6, 6.07) is 10.3. The van der Waals surface area contributed by atoms with Gasteiger partial charge in [-0.1, -0.05) is 89.8 Å². The van der Waals surface area contributed by atoms with Crippen LogP contribution in [0.25, 0.3) is 0 Å². The molecule has 0 saturated heterocycles. The van der Waals surface area contributed by atoms with E-state index in [0.29, 0.717) is 6.10 Å². The predicted octanol–water partition coefficient (Wildman–Crippen LogP) is 7.55. The lowest BCUT2D eigenvalue weighted by Crippen LogP contribution is -2.16. The van der Waals surface area contributed by atoms with Crippen molar-refractivity contribution < 1.29 is 4.74 Å². The number of hydrogen-bond acceptors (Lipinski definition) is 1. The Balaban J connectivity index is 2.18. The molecule has 0 saturated carbocycles. The van der Waals surface area contributed by atoms with Gasteiger partial charge in [-0.25, -0.2) is 0 Å². The molecular weight excluding hydrogens is 280 g/mol. The Morgan fingerprint density at radius 1 is 0.652 bits per heavy atom. The molecule has 0 heterocycles. The molecule has 23 heavy (non-hydrogen) atoms. The summed E-state index contributed by atoms with van der Waals surface area (Å²) >= 11 is 0. The van der Waals surface area contributed by atoms with Crippen molar-refractivity contribution in [2.75, 3.05) is 0 Å². The first kappa shape index (κ1) is 20.1. The third-order valence-corrected chi connectivity index (χ3v) is 4.56. The molecule has 0 aliphatic heterocycles. The second-order valence-corrected chi connectivity index (χ2v) is 6.81. The summed E-state index contributed by atoms with van der Waals surface area (Å²) in [5.74, 6) is 1.04. The first-order chi connectivity index (χ1) is 11.4. The van der Waals surface area contributed by atoms with E-state index in [2.05, 4.69) is 44.2 Å². The number of hydrogen-bond donors (Lipinski definition) is 0. The van der Waals surface area contributed by atoms with Crippen LogP contribution < -0.4 is 4.74 Å². The summed E-state index contributed by atoms with van der Waals surface area (Å²) in [7, 11) is 0. The van der Waals surface area contributed by atoms with Gasteiger partial charge >= 0.3 is 0 Å². The van der Waals surface area contributed by atoms with Gasteiger partial charge in [0.2, 0.25) is 0 Å². The van der Waals surface area contributed by atoms with Crippen molar-refractivity contribution in [1.82, 2.24) is 0 Å². The molecule has 1 unspecified atom stereocenters. The highest BCUT2D eigenvalue weighted by molar-refractivity contribution is 5.21. The van der Waals surface area contributed by atoms with Crippen molar-refractivity contribution in [3.63, 3.8) is 0 Å². The highest BCUT2D eigenvalue weighted by atomic mass is 16.5. The van der Waals surface area contributed by atoms with Gasteiger partial charge in [0, 0.05) is 0 Å². The Morgan fingerprint density at radius 2 is 1.13 bits per heavy atom. The van der Waals surface area contributed by atoms with E-state index in [0.717, 1.165) is 5.75 Å². The topological polar surface area (TPSA) is 9.23 Å². The minimum Gasteiger partial charge on any atom is -0.490 e. The number of benzene rings is 1. The molecule has 0 fully saturated rings. The smallest absolute Gasteiger partial charge is 0.119 e. The van der Waals surface area contributed by atoms with E-state index >= 15 is 0 Å². The number of unbranched alkanes of at least 4 members (excludes halogenated alkanes) is 9. The Kier molecular flexibility index (Phi) is 12.7. The molecule has 1 atom stereocenters. The van der Waals surface area contributed by atoms with Crippen LogP contribution >= 0.6 is 0 Å². The van der Waals surface area contributed by atoms with Gasteiger partial charge in [-0.3, -0.25) is 0 Å². The minimum atomic E-state index is 0.407. The summed E-state index contributed by atoms with van der Waals surface area (Å²) in [5, 5.41) is 0. The van der Waals surface area contributed by atoms with Crippen LogP contribution in [-0.2, 0) is 0 Å². The van der Waals surface area contributed by atoms with Gasteiger partial charge in [-0.05, 0) is 37.8 Å². The summed E-state index contributed by atoms with van der Waals surface area (Å²) < 4.78 is 6.22. The summed E-state index contributed by atoms with van der Waals surface area (Å²) in [5.41, 5.74) is 0. The number of para-hydroxylation sites is 1. The molecule has 0 aliphatic rings. The molecule has 132 valence electrons. The van der Waals surface area contributed by atoms with Gasteiger partial charge in [-0.15, -0.1) is 0 Å². The van der Waals surface area contributed by atoms with Gasteiger partial charge in [0.1, 0.15) is 5.75 Å². The minimum absolute atomic E-state index is 0.407. The molecule has 0 radical (unpaired) electrons. The standard InChI is InChI=1S/C22H38O/c1-3-5-7-8-9-10-11-14-18-21(17-13-6-4-2)23-22-19-15-12-16-20-22/h12,15-16,19-21H,3-11,13-14,17-18H2,1-2H3. The maximum absolute atomic E-state index is 6.22. The van der Waals surface area contributed by atoms with Crippen LogP contribution in [0.4, 0.5) is 0 Å². The van der Waals surface area contributed by atoms with E-state index < -0.39 is 0 Å². The summed E-state index contributed by atoms with van der Waals surface area (Å²) in [6.07, 6.45) is 17.8. The summed E-state index contributed by atoms with van der Waals surface area (Å²) in [6.45, 7) is 4.55. The third kappa shape index (κ3) is 11.2. The van der Waals surface area contributed by atoms with Gasteiger partial charge in [-0.2, -0.15) is 0 Å². The zero-order valence-electron chi connectivity index (χ0n) is 15.6. The average Bonchev–Trinajstić information content (AvgIpc) is 2.58. The quantitative estimate of drug-likeness (QED) is 0.303. The maximum atomic E-state index is 6.22. The Morgan fingerprint density at radius 3 is 1.74 bits per heavy atom. The Bertz CT molecular complexity index is 346. The molecule has 0 spiro atoms. The van der Waals surface area contributed by atoms with Crippen LogP contribution in [0.3, 0.4) is 0 Å². The van der Waals surface area contributed by atoms with Crippen molar-refractivity contribution in [3.05, 3.63) is 30.3 Å². The molecule has 0 bridgehead atoms. The summed E-state index contributed by atoms with van der Waals surface area (Å²) in [4.78, 5) is 0. The fourth-order valence-corrected chi connectivity index (χ4v) is 3.08. The third-order valence-electron chi connectivity index (χ3n) is 4.56. The lowest BCUT2D eigenvalue weighted by atomic mass is 10.0. The average molecular weight is 319 g/mol. The Labute approximate surface area is 144 Å². The van der Waals surface area contributed by atoms with Gasteiger partial charge in [0.05, 0.1) is 6.10 Å². The number of rotatable bonds is 15. The molecular formula is C22H38O. The predicted molar refractivity (Wildman–Crippen MR) is 102 cm³/mol. The monoisotopic (exact) mass is 318 g/mol. The second kappa shape index (κ2) is 14.6. The van der Waals surface area contributed by atoms with Crippen molar-refractivity contribution >= 4 is 0 Å².